The fraction of sp³-hybridized carbons (Fsp3) is 0. The van der Waals surface area contributed by atoms with Gasteiger partial charge in [0.1, 0.15) is 0 Å². The van der Waals surface area contributed by atoms with Gasteiger partial charge in [0, 0.05) is 0 Å². The maximum absolute atomic E-state index is 8.74. The van der Waals surface area contributed by atoms with Crippen molar-refractivity contribution >= 4 is 27.8 Å². The van der Waals surface area contributed by atoms with Gasteiger partial charge in [-0.05, 0) is 0 Å². The van der Waals surface area contributed by atoms with E-state index in [0.717, 1.165) is 0 Å². The quantitative estimate of drug-likeness (QED) is 0.156. The van der Waals surface area contributed by atoms with E-state index in [2.05, 4.69) is 0 Å². The number of hydrogen-bond donors (Lipinski definition) is 3. The second-order valence-corrected chi connectivity index (χ2v) is 1.43. The summed E-state index contributed by atoms with van der Waals surface area (Å²) < 4.78 is 31.6. The van der Waals surface area contributed by atoms with Gasteiger partial charge < -0.3 is 6.63 Å². The van der Waals surface area contributed by atoms with Crippen LogP contribution in [0.1, 0.15) is 1.43 Å². The molecule has 0 unspecified atom stereocenters. The van der Waals surface area contributed by atoms with Gasteiger partial charge in [-0.15, -0.1) is 4.91 Å². The van der Waals surface area contributed by atoms with Crippen LogP contribution in [0.25, 0.3) is 0 Å². The molecule has 0 atom stereocenters. The summed E-state index contributed by atoms with van der Waals surface area (Å²) >= 11 is 0. The first-order valence-corrected chi connectivity index (χ1v) is 2.48. The largest absolute Gasteiger partial charge is 1.00 e. The topological polar surface area (TPSA) is 124 Å². The Morgan fingerprint density at radius 3 is 1.30 bits per heavy atom. The summed E-state index contributed by atoms with van der Waals surface area (Å²) in [5.74, 6) is 0. The van der Waals surface area contributed by atoms with Crippen LogP contribution in [0.15, 0.2) is 5.34 Å². The Hall–Kier alpha value is 0.802. The van der Waals surface area contributed by atoms with Crippen LogP contribution in [0.3, 0.4) is 0 Å². The van der Waals surface area contributed by atoms with Gasteiger partial charge in [-0.3, -0.25) is 9.11 Å². The predicted octanol–water partition coefficient (Wildman–Crippen LogP) is -4.58. The molecule has 0 saturated heterocycles. The van der Waals surface area contributed by atoms with Gasteiger partial charge in [0.25, 0.3) is 0 Å². The molecule has 0 fully saturated rings. The first-order chi connectivity index (χ1) is 3.41. The molecule has 7 nitrogen and oxygen atoms in total. The summed E-state index contributed by atoms with van der Waals surface area (Å²) in [5.41, 5.74) is 0. The van der Waals surface area contributed by atoms with Crippen LogP contribution in [0.5, 0.6) is 0 Å². The van der Waals surface area contributed by atoms with Crippen LogP contribution in [0.2, 0.25) is 0 Å². The van der Waals surface area contributed by atoms with Gasteiger partial charge in [0.05, 0.1) is 0 Å². The molecular formula is H7AlNNaO6S. The molecule has 0 bridgehead atoms. The molecule has 0 heterocycles. The Morgan fingerprint density at radius 2 is 1.30 bits per heavy atom. The predicted molar refractivity (Wildman–Crippen MR) is 32.8 cm³/mol. The molecule has 10 heteroatoms. The van der Waals surface area contributed by atoms with Gasteiger partial charge in [0.15, 0.2) is 22.7 Å². The molecule has 0 aromatic rings. The van der Waals surface area contributed by atoms with E-state index in [0.29, 0.717) is 0 Å². The van der Waals surface area contributed by atoms with E-state index in [1.165, 1.54) is 5.34 Å². The van der Waals surface area contributed by atoms with Crippen molar-refractivity contribution in [3.8, 4) is 0 Å². The molecule has 58 valence electrons. The first kappa shape index (κ1) is 22.4. The zero-order valence-corrected chi connectivity index (χ0v) is 7.24. The number of hydrogen-bond acceptors (Lipinski definition) is 4. The fourth-order valence-electron chi connectivity index (χ4n) is 0. The minimum atomic E-state index is -4.67. The van der Waals surface area contributed by atoms with E-state index in [1.807, 2.05) is 0 Å². The third kappa shape index (κ3) is 832. The van der Waals surface area contributed by atoms with Crippen LogP contribution in [-0.2, 0) is 10.4 Å². The van der Waals surface area contributed by atoms with Gasteiger partial charge in [-0.2, -0.15) is 8.42 Å². The Bertz CT molecular complexity index is 137. The number of nitrogens with zero attached hydrogens (tertiary/aromatic N) is 1. The summed E-state index contributed by atoms with van der Waals surface area (Å²) in [4.78, 5) is 8.11. The zero-order valence-electron chi connectivity index (χ0n) is 5.42. The van der Waals surface area contributed by atoms with E-state index in [-0.39, 0.29) is 48.3 Å². The van der Waals surface area contributed by atoms with Crippen LogP contribution < -0.4 is 29.6 Å². The van der Waals surface area contributed by atoms with Gasteiger partial charge in [-0.25, -0.2) is 0 Å². The molecular weight excluding hydrogens is 192 g/mol. The average molecular weight is 199 g/mol. The molecule has 0 aromatic carbocycles. The minimum absolute atomic E-state index is 0. The molecule has 0 aliphatic heterocycles. The molecule has 3 N–H and O–H groups in total. The average Bonchev–Trinajstić information content (AvgIpc) is 1.27. The van der Waals surface area contributed by atoms with Crippen molar-refractivity contribution in [2.24, 2.45) is 5.34 Å². The Kier molecular flexibility index (Phi) is 28.0. The SMILES string of the molecule is O=NO.O=S(=O)(O)O.[AlH3].[H-].[Na+]. The van der Waals surface area contributed by atoms with E-state index in [4.69, 9.17) is 27.6 Å². The normalized spacial score (nSPS) is 7.00. The van der Waals surface area contributed by atoms with Crippen molar-refractivity contribution in [2.75, 3.05) is 0 Å². The Balaban J connectivity index is -0.0000000183. The van der Waals surface area contributed by atoms with Crippen molar-refractivity contribution < 1.29 is 53.7 Å². The third-order valence-corrected chi connectivity index (χ3v) is 0. The van der Waals surface area contributed by atoms with Crippen molar-refractivity contribution in [3.05, 3.63) is 4.91 Å². The minimum Gasteiger partial charge on any atom is -1.00 e. The second-order valence-electron chi connectivity index (χ2n) is 0.529. The van der Waals surface area contributed by atoms with Crippen LogP contribution in [0.4, 0.5) is 0 Å². The first-order valence-electron chi connectivity index (χ1n) is 1.08. The van der Waals surface area contributed by atoms with Crippen molar-refractivity contribution in [1.82, 2.24) is 0 Å². The van der Waals surface area contributed by atoms with Gasteiger partial charge >= 0.3 is 40.0 Å². The molecule has 0 aliphatic rings. The number of rotatable bonds is 0. The molecule has 0 spiro atoms. The van der Waals surface area contributed by atoms with E-state index in [1.54, 1.807) is 0 Å². The summed E-state index contributed by atoms with van der Waals surface area (Å²) in [7, 11) is -4.67. The van der Waals surface area contributed by atoms with E-state index < -0.39 is 10.4 Å². The smallest absolute Gasteiger partial charge is 1.00 e. The standard InChI is InChI=1S/Al.HNO2.Na.H2O4S.4H/c;2-1-3;;1-5(2,3)4;;;;/h;(H,2,3);;(H2,1,2,3,4);;;;/q;;+1;;;;;-1. The maximum Gasteiger partial charge on any atom is 1.00 e. The summed E-state index contributed by atoms with van der Waals surface area (Å²) in [5, 5.41) is 7.89. The summed E-state index contributed by atoms with van der Waals surface area (Å²) in [6, 6.07) is 0. The van der Waals surface area contributed by atoms with Crippen LogP contribution >= 0.6 is 0 Å². The van der Waals surface area contributed by atoms with Crippen molar-refractivity contribution in [3.63, 3.8) is 0 Å². The van der Waals surface area contributed by atoms with E-state index >= 15 is 0 Å². The summed E-state index contributed by atoms with van der Waals surface area (Å²) in [6.45, 7) is 0. The fourth-order valence-corrected chi connectivity index (χ4v) is 0. The molecule has 0 rings (SSSR count). The van der Waals surface area contributed by atoms with Crippen molar-refractivity contribution in [2.45, 2.75) is 0 Å². The summed E-state index contributed by atoms with van der Waals surface area (Å²) in [6.07, 6.45) is 0. The molecule has 0 aromatic heterocycles. The van der Waals surface area contributed by atoms with Crippen LogP contribution in [0, 0.1) is 4.91 Å². The molecule has 0 aliphatic carbocycles. The third-order valence-electron chi connectivity index (χ3n) is 0. The van der Waals surface area contributed by atoms with Crippen LogP contribution in [-0.4, -0.2) is 40.1 Å². The Labute approximate surface area is 91.2 Å². The Morgan fingerprint density at radius 1 is 1.30 bits per heavy atom. The molecule has 0 amide bonds. The van der Waals surface area contributed by atoms with E-state index in [9.17, 15) is 0 Å². The van der Waals surface area contributed by atoms with Crippen molar-refractivity contribution in [1.29, 1.82) is 0 Å². The molecule has 10 heavy (non-hydrogen) atoms. The monoisotopic (exact) mass is 199 g/mol. The molecule has 0 saturated carbocycles. The molecule has 0 radical (unpaired) electrons. The maximum atomic E-state index is 8.74. The van der Waals surface area contributed by atoms with Gasteiger partial charge in [0.2, 0.25) is 0 Å². The van der Waals surface area contributed by atoms with Gasteiger partial charge in [-0.1, -0.05) is 0 Å². The zero-order chi connectivity index (χ0) is 7.21. The second kappa shape index (κ2) is 12.5.